The first-order valence-electron chi connectivity index (χ1n) is 19.2. The highest BCUT2D eigenvalue weighted by molar-refractivity contribution is 5.69. The Kier molecular flexibility index (Phi) is 34.1. The summed E-state index contributed by atoms with van der Waals surface area (Å²) >= 11 is 0. The Morgan fingerprint density at radius 2 is 0.860 bits per heavy atom. The van der Waals surface area contributed by atoms with Crippen molar-refractivity contribution in [2.24, 2.45) is 0 Å². The van der Waals surface area contributed by atoms with Crippen LogP contribution in [0.15, 0.2) is 12.2 Å². The fourth-order valence-electron chi connectivity index (χ4n) is 5.87. The first-order valence-corrected chi connectivity index (χ1v) is 19.2. The predicted molar refractivity (Wildman–Crippen MR) is 186 cm³/mol. The standard InChI is InChI=1S/C39H74O4/c1-3-5-7-9-11-13-15-17-19-20-21-23-25-27-29-31-33-37(35-36-38(40)41)43-39(42)34-32-30-28-26-24-22-18-16-14-12-10-8-6-4-2/h14,16,37H,3-13,15,17-36H2,1-2H3,(H,40,41)/b16-14-. The summed E-state index contributed by atoms with van der Waals surface area (Å²) in [6.45, 7) is 4.53. The Bertz CT molecular complexity index is 614. The molecule has 0 aliphatic carbocycles. The van der Waals surface area contributed by atoms with Gasteiger partial charge in [-0.15, -0.1) is 0 Å². The van der Waals surface area contributed by atoms with Crippen LogP contribution < -0.4 is 0 Å². The number of hydrogen-bond acceptors (Lipinski definition) is 3. The van der Waals surface area contributed by atoms with Gasteiger partial charge in [-0.2, -0.15) is 0 Å². The number of ether oxygens (including phenoxy) is 1. The molecule has 0 saturated heterocycles. The Labute approximate surface area is 268 Å². The molecule has 0 aliphatic heterocycles. The summed E-state index contributed by atoms with van der Waals surface area (Å²) < 4.78 is 5.73. The van der Waals surface area contributed by atoms with E-state index in [0.29, 0.717) is 12.8 Å². The number of unbranched alkanes of at least 4 members (excludes halogenated alkanes) is 25. The fourth-order valence-corrected chi connectivity index (χ4v) is 5.87. The van der Waals surface area contributed by atoms with Gasteiger partial charge in [-0.3, -0.25) is 9.59 Å². The monoisotopic (exact) mass is 607 g/mol. The Hall–Kier alpha value is -1.32. The average Bonchev–Trinajstić information content (AvgIpc) is 2.99. The summed E-state index contributed by atoms with van der Waals surface area (Å²) in [5.74, 6) is -0.952. The van der Waals surface area contributed by atoms with E-state index < -0.39 is 5.97 Å². The minimum Gasteiger partial charge on any atom is -0.481 e. The highest BCUT2D eigenvalue weighted by atomic mass is 16.5. The molecule has 0 aliphatic rings. The topological polar surface area (TPSA) is 63.6 Å². The van der Waals surface area contributed by atoms with Crippen molar-refractivity contribution in [2.75, 3.05) is 0 Å². The molecule has 0 bridgehead atoms. The Morgan fingerprint density at radius 1 is 0.488 bits per heavy atom. The zero-order valence-corrected chi connectivity index (χ0v) is 29.0. The number of carboxylic acid groups (broad SMARTS) is 1. The highest BCUT2D eigenvalue weighted by Crippen LogP contribution is 2.18. The van der Waals surface area contributed by atoms with E-state index in [-0.39, 0.29) is 18.5 Å². The van der Waals surface area contributed by atoms with Crippen molar-refractivity contribution in [3.8, 4) is 0 Å². The zero-order valence-electron chi connectivity index (χ0n) is 29.0. The molecular formula is C39H74O4. The van der Waals surface area contributed by atoms with Gasteiger partial charge in [0.05, 0.1) is 0 Å². The van der Waals surface area contributed by atoms with Crippen LogP contribution in [0.1, 0.15) is 219 Å². The number of allylic oxidation sites excluding steroid dienone is 2. The average molecular weight is 607 g/mol. The second-order valence-corrected chi connectivity index (χ2v) is 13.1. The second kappa shape index (κ2) is 35.2. The number of carboxylic acids is 1. The Morgan fingerprint density at radius 3 is 1.30 bits per heavy atom. The lowest BCUT2D eigenvalue weighted by molar-refractivity contribution is -0.151. The van der Waals surface area contributed by atoms with Crippen LogP contribution in [0, 0.1) is 0 Å². The normalized spacial score (nSPS) is 12.2. The van der Waals surface area contributed by atoms with Crippen LogP contribution >= 0.6 is 0 Å². The number of carbonyl (C=O) groups is 2. The van der Waals surface area contributed by atoms with Gasteiger partial charge in [0.2, 0.25) is 0 Å². The van der Waals surface area contributed by atoms with E-state index in [1.807, 2.05) is 0 Å². The summed E-state index contributed by atoms with van der Waals surface area (Å²) in [6.07, 6.45) is 42.2. The maximum absolute atomic E-state index is 12.4. The van der Waals surface area contributed by atoms with E-state index in [9.17, 15) is 9.59 Å². The lowest BCUT2D eigenvalue weighted by Gasteiger charge is -2.17. The number of aliphatic carboxylic acids is 1. The van der Waals surface area contributed by atoms with Crippen molar-refractivity contribution in [3.05, 3.63) is 12.2 Å². The molecule has 0 radical (unpaired) electrons. The molecule has 1 N–H and O–H groups in total. The van der Waals surface area contributed by atoms with Crippen LogP contribution in [0.5, 0.6) is 0 Å². The van der Waals surface area contributed by atoms with Crippen LogP contribution in [-0.4, -0.2) is 23.1 Å². The summed E-state index contributed by atoms with van der Waals surface area (Å²) in [7, 11) is 0. The van der Waals surface area contributed by atoms with Gasteiger partial charge < -0.3 is 9.84 Å². The summed E-state index contributed by atoms with van der Waals surface area (Å²) in [4.78, 5) is 23.5. The fraction of sp³-hybridized carbons (Fsp3) is 0.897. The van der Waals surface area contributed by atoms with Crippen molar-refractivity contribution < 1.29 is 19.4 Å². The van der Waals surface area contributed by atoms with Crippen LogP contribution in [0.2, 0.25) is 0 Å². The molecule has 0 heterocycles. The molecule has 43 heavy (non-hydrogen) atoms. The molecule has 0 spiro atoms. The van der Waals surface area contributed by atoms with Crippen molar-refractivity contribution in [1.29, 1.82) is 0 Å². The number of esters is 1. The molecule has 0 aromatic carbocycles. The third kappa shape index (κ3) is 35.0. The molecule has 0 saturated carbocycles. The van der Waals surface area contributed by atoms with Gasteiger partial charge in [0.25, 0.3) is 0 Å². The quantitative estimate of drug-likeness (QED) is 0.0443. The molecule has 0 rings (SSSR count). The molecule has 0 amide bonds. The summed E-state index contributed by atoms with van der Waals surface area (Å²) in [5, 5.41) is 9.11. The lowest BCUT2D eigenvalue weighted by Crippen LogP contribution is -2.19. The molecule has 0 aromatic heterocycles. The molecule has 0 aromatic rings. The van der Waals surface area contributed by atoms with Gasteiger partial charge in [-0.25, -0.2) is 0 Å². The third-order valence-corrected chi connectivity index (χ3v) is 8.75. The van der Waals surface area contributed by atoms with Gasteiger partial charge in [0.15, 0.2) is 0 Å². The zero-order chi connectivity index (χ0) is 31.5. The molecule has 254 valence electrons. The van der Waals surface area contributed by atoms with E-state index >= 15 is 0 Å². The van der Waals surface area contributed by atoms with E-state index in [1.165, 1.54) is 154 Å². The summed E-state index contributed by atoms with van der Waals surface area (Å²) in [6, 6.07) is 0. The minimum atomic E-state index is -0.810. The lowest BCUT2D eigenvalue weighted by atomic mass is 10.0. The van der Waals surface area contributed by atoms with Crippen LogP contribution in [0.3, 0.4) is 0 Å². The van der Waals surface area contributed by atoms with Gasteiger partial charge in [0, 0.05) is 12.8 Å². The molecular weight excluding hydrogens is 532 g/mol. The smallest absolute Gasteiger partial charge is 0.306 e. The van der Waals surface area contributed by atoms with Gasteiger partial charge in [-0.05, 0) is 51.4 Å². The first-order chi connectivity index (χ1) is 21.1. The van der Waals surface area contributed by atoms with Crippen LogP contribution in [0.4, 0.5) is 0 Å². The van der Waals surface area contributed by atoms with Crippen molar-refractivity contribution in [3.63, 3.8) is 0 Å². The molecule has 1 unspecified atom stereocenters. The minimum absolute atomic E-state index is 0.0743. The van der Waals surface area contributed by atoms with Gasteiger partial charge in [-0.1, -0.05) is 167 Å². The van der Waals surface area contributed by atoms with Gasteiger partial charge >= 0.3 is 11.9 Å². The molecule has 4 heteroatoms. The van der Waals surface area contributed by atoms with Crippen LogP contribution in [0.25, 0.3) is 0 Å². The van der Waals surface area contributed by atoms with E-state index in [4.69, 9.17) is 9.84 Å². The third-order valence-electron chi connectivity index (χ3n) is 8.75. The van der Waals surface area contributed by atoms with Crippen molar-refractivity contribution >= 4 is 11.9 Å². The Balaban J connectivity index is 3.72. The number of carbonyl (C=O) groups excluding carboxylic acids is 1. The number of rotatable bonds is 35. The second-order valence-electron chi connectivity index (χ2n) is 13.1. The number of hydrogen-bond donors (Lipinski definition) is 1. The molecule has 0 fully saturated rings. The van der Waals surface area contributed by atoms with Gasteiger partial charge in [0.1, 0.15) is 6.10 Å². The largest absolute Gasteiger partial charge is 0.481 e. The van der Waals surface area contributed by atoms with E-state index in [2.05, 4.69) is 26.0 Å². The van der Waals surface area contributed by atoms with Crippen molar-refractivity contribution in [1.82, 2.24) is 0 Å². The maximum Gasteiger partial charge on any atom is 0.306 e. The SMILES string of the molecule is CCCCCC/C=C\CCCCCCCCC(=O)OC(CCCCCCCCCCCCCCCCCC)CCC(=O)O. The van der Waals surface area contributed by atoms with Crippen molar-refractivity contribution in [2.45, 2.75) is 225 Å². The molecule has 4 nitrogen and oxygen atoms in total. The molecule has 1 atom stereocenters. The summed E-state index contributed by atoms with van der Waals surface area (Å²) in [5.41, 5.74) is 0. The van der Waals surface area contributed by atoms with Crippen LogP contribution in [-0.2, 0) is 14.3 Å². The first kappa shape index (κ1) is 41.7. The van der Waals surface area contributed by atoms with E-state index in [1.54, 1.807) is 0 Å². The maximum atomic E-state index is 12.4. The highest BCUT2D eigenvalue weighted by Gasteiger charge is 2.16. The van der Waals surface area contributed by atoms with E-state index in [0.717, 1.165) is 32.1 Å². The predicted octanol–water partition coefficient (Wildman–Crippen LogP) is 13.1.